The van der Waals surface area contributed by atoms with Crippen LogP contribution in [-0.2, 0) is 15.6 Å². The maximum Gasteiger partial charge on any atom is 0.213 e. The Kier molecular flexibility index (Phi) is 2.46. The number of sulfone groups is 1. The molecule has 0 N–H and O–H groups in total. The lowest BCUT2D eigenvalue weighted by Gasteiger charge is -1.98. The van der Waals surface area contributed by atoms with Gasteiger partial charge in [-0.05, 0) is 12.1 Å². The van der Waals surface area contributed by atoms with Gasteiger partial charge in [-0.2, -0.15) is 4.98 Å². The second kappa shape index (κ2) is 3.77. The van der Waals surface area contributed by atoms with E-state index in [2.05, 4.69) is 19.6 Å². The molecule has 0 amide bonds. The zero-order chi connectivity index (χ0) is 10.7. The smallest absolute Gasteiger partial charge is 0.213 e. The summed E-state index contributed by atoms with van der Waals surface area (Å²) in [6.07, 6.45) is 2.51. The fourth-order valence-electron chi connectivity index (χ4n) is 1.03. The van der Waals surface area contributed by atoms with Crippen molar-refractivity contribution in [2.45, 2.75) is 10.8 Å². The van der Waals surface area contributed by atoms with Crippen LogP contribution in [0.3, 0.4) is 0 Å². The van der Waals surface area contributed by atoms with Crippen LogP contribution in [0.5, 0.6) is 0 Å². The van der Waals surface area contributed by atoms with Crippen molar-refractivity contribution in [2.75, 3.05) is 0 Å². The zero-order valence-corrected chi connectivity index (χ0v) is 8.38. The first kappa shape index (κ1) is 9.78. The van der Waals surface area contributed by atoms with E-state index in [0.717, 1.165) is 6.39 Å². The molecule has 0 bridgehead atoms. The van der Waals surface area contributed by atoms with Gasteiger partial charge in [0.1, 0.15) is 5.75 Å². The third-order valence-electron chi connectivity index (χ3n) is 1.68. The SMILES string of the molecule is O=S(=O)(Cc1ncon1)c1ccccn1. The predicted molar refractivity (Wildman–Crippen MR) is 49.4 cm³/mol. The van der Waals surface area contributed by atoms with E-state index in [1.165, 1.54) is 12.3 Å². The summed E-state index contributed by atoms with van der Waals surface area (Å²) in [5, 5.41) is 3.44. The van der Waals surface area contributed by atoms with Crippen LogP contribution in [0.15, 0.2) is 40.3 Å². The van der Waals surface area contributed by atoms with Crippen LogP contribution in [0.4, 0.5) is 0 Å². The van der Waals surface area contributed by atoms with Gasteiger partial charge in [0.05, 0.1) is 0 Å². The molecule has 0 aliphatic heterocycles. The van der Waals surface area contributed by atoms with E-state index in [1.807, 2.05) is 0 Å². The fourth-order valence-corrected chi connectivity index (χ4v) is 2.15. The van der Waals surface area contributed by atoms with E-state index in [4.69, 9.17) is 0 Å². The second-order valence-electron chi connectivity index (χ2n) is 2.77. The molecule has 6 nitrogen and oxygen atoms in total. The molecule has 0 aromatic carbocycles. The molecule has 0 unspecified atom stereocenters. The highest BCUT2D eigenvalue weighted by molar-refractivity contribution is 7.90. The lowest BCUT2D eigenvalue weighted by atomic mass is 10.5. The lowest BCUT2D eigenvalue weighted by Crippen LogP contribution is -2.07. The fraction of sp³-hybridized carbons (Fsp3) is 0.125. The monoisotopic (exact) mass is 225 g/mol. The Labute approximate surface area is 85.9 Å². The van der Waals surface area contributed by atoms with Crippen molar-refractivity contribution < 1.29 is 12.9 Å². The van der Waals surface area contributed by atoms with Crippen LogP contribution in [-0.4, -0.2) is 23.5 Å². The van der Waals surface area contributed by atoms with E-state index < -0.39 is 9.84 Å². The molecule has 0 saturated heterocycles. The van der Waals surface area contributed by atoms with Crippen LogP contribution in [0, 0.1) is 0 Å². The highest BCUT2D eigenvalue weighted by Crippen LogP contribution is 2.10. The van der Waals surface area contributed by atoms with Crippen molar-refractivity contribution in [1.29, 1.82) is 0 Å². The topological polar surface area (TPSA) is 86.0 Å². The number of aromatic nitrogens is 3. The molecule has 2 rings (SSSR count). The third kappa shape index (κ3) is 2.18. The molecule has 0 saturated carbocycles. The maximum absolute atomic E-state index is 11.7. The van der Waals surface area contributed by atoms with Gasteiger partial charge >= 0.3 is 0 Å². The van der Waals surface area contributed by atoms with Gasteiger partial charge < -0.3 is 4.52 Å². The normalized spacial score (nSPS) is 11.5. The molecule has 2 aromatic rings. The Morgan fingerprint density at radius 2 is 2.13 bits per heavy atom. The number of hydrogen-bond donors (Lipinski definition) is 0. The van der Waals surface area contributed by atoms with Crippen LogP contribution < -0.4 is 0 Å². The minimum Gasteiger partial charge on any atom is -0.343 e. The molecule has 7 heteroatoms. The highest BCUT2D eigenvalue weighted by Gasteiger charge is 2.18. The Bertz CT molecular complexity index is 522. The van der Waals surface area contributed by atoms with Crippen molar-refractivity contribution in [3.63, 3.8) is 0 Å². The molecule has 0 aliphatic rings. The molecular formula is C8H7N3O3S. The van der Waals surface area contributed by atoms with Gasteiger partial charge in [0, 0.05) is 6.20 Å². The average Bonchev–Trinajstić information content (AvgIpc) is 2.71. The first-order chi connectivity index (χ1) is 7.18. The molecule has 2 heterocycles. The van der Waals surface area contributed by atoms with Gasteiger partial charge in [-0.25, -0.2) is 13.4 Å². The minimum absolute atomic E-state index is 0.00907. The number of pyridine rings is 1. The molecule has 0 fully saturated rings. The Hall–Kier alpha value is -1.76. The summed E-state index contributed by atoms with van der Waals surface area (Å²) in [5.74, 6) is -0.179. The molecule has 15 heavy (non-hydrogen) atoms. The van der Waals surface area contributed by atoms with Crippen molar-refractivity contribution >= 4 is 9.84 Å². The van der Waals surface area contributed by atoms with Crippen LogP contribution >= 0.6 is 0 Å². The lowest BCUT2D eigenvalue weighted by molar-refractivity contribution is 0.411. The molecule has 0 atom stereocenters. The summed E-state index contributed by atoms with van der Waals surface area (Å²) in [6.45, 7) is 0. The van der Waals surface area contributed by atoms with Gasteiger partial charge in [-0.3, -0.25) is 0 Å². The Balaban J connectivity index is 2.29. The maximum atomic E-state index is 11.7. The summed E-state index contributed by atoms with van der Waals surface area (Å²) in [5.41, 5.74) is 0. The standard InChI is InChI=1S/C8H7N3O3S/c12-15(13,5-7-10-6-14-11-7)8-3-1-2-4-9-8/h1-4,6H,5H2. The largest absolute Gasteiger partial charge is 0.343 e. The van der Waals surface area contributed by atoms with Crippen molar-refractivity contribution in [2.24, 2.45) is 0 Å². The Morgan fingerprint density at radius 1 is 1.27 bits per heavy atom. The molecule has 0 radical (unpaired) electrons. The molecule has 78 valence electrons. The predicted octanol–water partition coefficient (Wildman–Crippen LogP) is 0.439. The van der Waals surface area contributed by atoms with Gasteiger partial charge in [-0.1, -0.05) is 11.2 Å². The van der Waals surface area contributed by atoms with Crippen LogP contribution in [0.1, 0.15) is 5.82 Å². The summed E-state index contributed by atoms with van der Waals surface area (Å²) in [7, 11) is -3.48. The summed E-state index contributed by atoms with van der Waals surface area (Å²) in [4.78, 5) is 7.40. The zero-order valence-electron chi connectivity index (χ0n) is 7.57. The third-order valence-corrected chi connectivity index (χ3v) is 3.20. The Morgan fingerprint density at radius 3 is 2.73 bits per heavy atom. The summed E-state index contributed by atoms with van der Waals surface area (Å²) < 4.78 is 27.9. The average molecular weight is 225 g/mol. The quantitative estimate of drug-likeness (QED) is 0.753. The molecular weight excluding hydrogens is 218 g/mol. The van der Waals surface area contributed by atoms with Gasteiger partial charge in [0.2, 0.25) is 16.2 Å². The van der Waals surface area contributed by atoms with Gasteiger partial charge in [0.25, 0.3) is 0 Å². The molecule has 2 aromatic heterocycles. The van der Waals surface area contributed by atoms with Gasteiger partial charge in [0.15, 0.2) is 10.9 Å². The van der Waals surface area contributed by atoms with E-state index >= 15 is 0 Å². The molecule has 0 aliphatic carbocycles. The van der Waals surface area contributed by atoms with E-state index in [9.17, 15) is 8.42 Å². The summed E-state index contributed by atoms with van der Waals surface area (Å²) >= 11 is 0. The first-order valence-corrected chi connectivity index (χ1v) is 5.73. The number of hydrogen-bond acceptors (Lipinski definition) is 6. The van der Waals surface area contributed by atoms with E-state index in [0.29, 0.717) is 0 Å². The minimum atomic E-state index is -3.48. The highest BCUT2D eigenvalue weighted by atomic mass is 32.2. The van der Waals surface area contributed by atoms with Crippen LogP contribution in [0.25, 0.3) is 0 Å². The van der Waals surface area contributed by atoms with E-state index in [-0.39, 0.29) is 16.6 Å². The molecule has 0 spiro atoms. The second-order valence-corrected chi connectivity index (χ2v) is 4.71. The number of nitrogens with zero attached hydrogens (tertiary/aromatic N) is 3. The number of rotatable bonds is 3. The van der Waals surface area contributed by atoms with Crippen molar-refractivity contribution in [3.05, 3.63) is 36.6 Å². The van der Waals surface area contributed by atoms with E-state index in [1.54, 1.807) is 12.1 Å². The van der Waals surface area contributed by atoms with Gasteiger partial charge in [-0.15, -0.1) is 0 Å². The van der Waals surface area contributed by atoms with Crippen LogP contribution in [0.2, 0.25) is 0 Å². The summed E-state index contributed by atoms with van der Waals surface area (Å²) in [6, 6.07) is 4.68. The van der Waals surface area contributed by atoms with Crippen molar-refractivity contribution in [3.8, 4) is 0 Å². The first-order valence-electron chi connectivity index (χ1n) is 4.07. The van der Waals surface area contributed by atoms with Crippen molar-refractivity contribution in [1.82, 2.24) is 15.1 Å².